The molecule has 1 fully saturated rings. The lowest BCUT2D eigenvalue weighted by molar-refractivity contribution is -0.122. The van der Waals surface area contributed by atoms with Crippen LogP contribution in [0.25, 0.3) is 0 Å². The van der Waals surface area contributed by atoms with Crippen molar-refractivity contribution in [3.05, 3.63) is 17.8 Å². The number of pyridine rings is 1. The second-order valence-electron chi connectivity index (χ2n) is 4.38. The molecule has 6 heteroatoms. The number of amides is 1. The van der Waals surface area contributed by atoms with Crippen LogP contribution < -0.4 is 16.4 Å². The van der Waals surface area contributed by atoms with Crippen LogP contribution in [0.1, 0.15) is 18.5 Å². The van der Waals surface area contributed by atoms with Gasteiger partial charge in [0.25, 0.3) is 0 Å². The molecule has 1 saturated heterocycles. The third-order valence-electron chi connectivity index (χ3n) is 3.24. The number of hydrogen-bond acceptors (Lipinski definition) is 5. The Balaban J connectivity index is 2.10. The molecule has 0 aliphatic carbocycles. The molecule has 1 amide bonds. The largest absolute Gasteiger partial charge is 0.396 e. The van der Waals surface area contributed by atoms with Crippen LogP contribution in [0.3, 0.4) is 0 Å². The van der Waals surface area contributed by atoms with E-state index in [4.69, 9.17) is 16.7 Å². The van der Waals surface area contributed by atoms with Crippen molar-refractivity contribution in [1.29, 1.82) is 5.26 Å². The molecule has 2 rings (SSSR count). The number of carbonyl (C=O) groups excluding carboxylic acids is 1. The Morgan fingerprint density at radius 3 is 2.67 bits per heavy atom. The predicted molar refractivity (Wildman–Crippen MR) is 67.5 cm³/mol. The van der Waals surface area contributed by atoms with E-state index in [1.807, 2.05) is 11.0 Å². The quantitative estimate of drug-likeness (QED) is 0.775. The van der Waals surface area contributed by atoms with Crippen LogP contribution in [0.4, 0.5) is 11.5 Å². The summed E-state index contributed by atoms with van der Waals surface area (Å²) < 4.78 is 0. The van der Waals surface area contributed by atoms with Gasteiger partial charge in [0.15, 0.2) is 5.69 Å². The van der Waals surface area contributed by atoms with Gasteiger partial charge in [-0.15, -0.1) is 0 Å². The Hall–Kier alpha value is -2.29. The standard InChI is InChI=1S/C12H15N5O/c13-7-10-9(14)1-2-11(16-10)17-5-3-8(4-6-17)12(15)18/h1-2,8H,3-6,14H2,(H2,15,18). The third kappa shape index (κ3) is 2.35. The van der Waals surface area contributed by atoms with Gasteiger partial charge in [-0.3, -0.25) is 4.79 Å². The zero-order valence-electron chi connectivity index (χ0n) is 9.97. The van der Waals surface area contributed by atoms with Crippen molar-refractivity contribution >= 4 is 17.4 Å². The summed E-state index contributed by atoms with van der Waals surface area (Å²) in [6.45, 7) is 1.44. The first-order chi connectivity index (χ1) is 8.61. The van der Waals surface area contributed by atoms with E-state index < -0.39 is 0 Å². The summed E-state index contributed by atoms with van der Waals surface area (Å²) >= 11 is 0. The van der Waals surface area contributed by atoms with Crippen LogP contribution >= 0.6 is 0 Å². The SMILES string of the molecule is N#Cc1nc(N2CCC(C(N)=O)CC2)ccc1N. The molecule has 1 aromatic rings. The summed E-state index contributed by atoms with van der Waals surface area (Å²) in [6.07, 6.45) is 1.45. The molecule has 2 heterocycles. The average molecular weight is 245 g/mol. The first kappa shape index (κ1) is 12.2. The number of rotatable bonds is 2. The fourth-order valence-corrected chi connectivity index (χ4v) is 2.12. The second-order valence-corrected chi connectivity index (χ2v) is 4.38. The van der Waals surface area contributed by atoms with Crippen LogP contribution in [0.15, 0.2) is 12.1 Å². The van der Waals surface area contributed by atoms with Gasteiger partial charge in [-0.2, -0.15) is 5.26 Å². The number of nitriles is 1. The van der Waals surface area contributed by atoms with Gasteiger partial charge in [0.05, 0.1) is 5.69 Å². The van der Waals surface area contributed by atoms with Crippen LogP contribution in [0.2, 0.25) is 0 Å². The summed E-state index contributed by atoms with van der Waals surface area (Å²) in [5.41, 5.74) is 11.5. The lowest BCUT2D eigenvalue weighted by Gasteiger charge is -2.31. The van der Waals surface area contributed by atoms with E-state index in [1.54, 1.807) is 12.1 Å². The number of nitrogens with two attached hydrogens (primary N) is 2. The highest BCUT2D eigenvalue weighted by Gasteiger charge is 2.24. The van der Waals surface area contributed by atoms with Gasteiger partial charge in [-0.1, -0.05) is 0 Å². The number of primary amides is 1. The number of anilines is 2. The number of aromatic nitrogens is 1. The zero-order valence-corrected chi connectivity index (χ0v) is 9.97. The van der Waals surface area contributed by atoms with Crippen molar-refractivity contribution < 1.29 is 4.79 Å². The van der Waals surface area contributed by atoms with Gasteiger partial charge in [-0.05, 0) is 25.0 Å². The van der Waals surface area contributed by atoms with Gasteiger partial charge >= 0.3 is 0 Å². The molecule has 0 bridgehead atoms. The number of carbonyl (C=O) groups is 1. The van der Waals surface area contributed by atoms with E-state index in [9.17, 15) is 4.79 Å². The van der Waals surface area contributed by atoms with Gasteiger partial charge in [-0.25, -0.2) is 4.98 Å². The lowest BCUT2D eigenvalue weighted by atomic mass is 9.96. The molecule has 0 saturated carbocycles. The number of nitrogen functional groups attached to an aromatic ring is 1. The molecule has 0 spiro atoms. The predicted octanol–water partition coefficient (Wildman–Crippen LogP) is 0.237. The number of nitrogens with zero attached hydrogens (tertiary/aromatic N) is 3. The van der Waals surface area contributed by atoms with Crippen molar-refractivity contribution in [2.24, 2.45) is 11.7 Å². The maximum absolute atomic E-state index is 11.1. The summed E-state index contributed by atoms with van der Waals surface area (Å²) in [6, 6.07) is 5.44. The Kier molecular flexibility index (Phi) is 3.33. The van der Waals surface area contributed by atoms with E-state index >= 15 is 0 Å². The molecule has 1 aliphatic rings. The average Bonchev–Trinajstić information content (AvgIpc) is 2.39. The van der Waals surface area contributed by atoms with E-state index in [0.717, 1.165) is 31.7 Å². The van der Waals surface area contributed by atoms with Crippen molar-refractivity contribution in [3.8, 4) is 6.07 Å². The van der Waals surface area contributed by atoms with E-state index in [0.29, 0.717) is 5.69 Å². The van der Waals surface area contributed by atoms with E-state index in [-0.39, 0.29) is 17.5 Å². The lowest BCUT2D eigenvalue weighted by Crippen LogP contribution is -2.39. The monoisotopic (exact) mass is 245 g/mol. The van der Waals surface area contributed by atoms with Crippen LogP contribution in [-0.4, -0.2) is 24.0 Å². The van der Waals surface area contributed by atoms with Crippen molar-refractivity contribution in [1.82, 2.24) is 4.98 Å². The Morgan fingerprint density at radius 1 is 1.44 bits per heavy atom. The van der Waals surface area contributed by atoms with Gasteiger partial charge in [0, 0.05) is 19.0 Å². The third-order valence-corrected chi connectivity index (χ3v) is 3.24. The van der Waals surface area contributed by atoms with Crippen molar-refractivity contribution in [3.63, 3.8) is 0 Å². The molecule has 1 aromatic heterocycles. The minimum atomic E-state index is -0.238. The van der Waals surface area contributed by atoms with Gasteiger partial charge in [0.1, 0.15) is 11.9 Å². The molecule has 0 radical (unpaired) electrons. The van der Waals surface area contributed by atoms with Crippen molar-refractivity contribution in [2.45, 2.75) is 12.8 Å². The molecule has 6 nitrogen and oxygen atoms in total. The van der Waals surface area contributed by atoms with Crippen LogP contribution in [0, 0.1) is 17.2 Å². The second kappa shape index (κ2) is 4.92. The smallest absolute Gasteiger partial charge is 0.220 e. The first-order valence-electron chi connectivity index (χ1n) is 5.82. The number of hydrogen-bond donors (Lipinski definition) is 2. The molecular formula is C12H15N5O. The van der Waals surface area contributed by atoms with Crippen molar-refractivity contribution in [2.75, 3.05) is 23.7 Å². The maximum atomic E-state index is 11.1. The van der Waals surface area contributed by atoms with E-state index in [2.05, 4.69) is 4.98 Å². The fourth-order valence-electron chi connectivity index (χ4n) is 2.12. The fraction of sp³-hybridized carbons (Fsp3) is 0.417. The first-order valence-corrected chi connectivity index (χ1v) is 5.82. The van der Waals surface area contributed by atoms with Gasteiger partial charge < -0.3 is 16.4 Å². The Bertz CT molecular complexity index is 500. The molecule has 0 aromatic carbocycles. The zero-order chi connectivity index (χ0) is 13.1. The molecule has 94 valence electrons. The summed E-state index contributed by atoms with van der Waals surface area (Å²) in [7, 11) is 0. The molecule has 18 heavy (non-hydrogen) atoms. The molecule has 0 unspecified atom stereocenters. The molecular weight excluding hydrogens is 230 g/mol. The summed E-state index contributed by atoms with van der Waals surface area (Å²) in [4.78, 5) is 17.3. The van der Waals surface area contributed by atoms with E-state index in [1.165, 1.54) is 0 Å². The maximum Gasteiger partial charge on any atom is 0.220 e. The highest BCUT2D eigenvalue weighted by atomic mass is 16.1. The molecule has 0 atom stereocenters. The Morgan fingerprint density at radius 2 is 2.11 bits per heavy atom. The summed E-state index contributed by atoms with van der Waals surface area (Å²) in [5.74, 6) is 0.437. The summed E-state index contributed by atoms with van der Waals surface area (Å²) in [5, 5.41) is 8.88. The van der Waals surface area contributed by atoms with Gasteiger partial charge in [0.2, 0.25) is 5.91 Å². The number of piperidine rings is 1. The highest BCUT2D eigenvalue weighted by molar-refractivity contribution is 5.77. The highest BCUT2D eigenvalue weighted by Crippen LogP contribution is 2.23. The van der Waals surface area contributed by atoms with Crippen LogP contribution in [0.5, 0.6) is 0 Å². The topological polar surface area (TPSA) is 109 Å². The van der Waals surface area contributed by atoms with Crippen LogP contribution in [-0.2, 0) is 4.79 Å². The minimum Gasteiger partial charge on any atom is -0.396 e. The minimum absolute atomic E-state index is 0.0505. The molecule has 1 aliphatic heterocycles. The Labute approximate surface area is 105 Å². The molecule has 4 N–H and O–H groups in total. The normalized spacial score (nSPS) is 16.3.